The van der Waals surface area contributed by atoms with Crippen LogP contribution in [0.1, 0.15) is 40.0 Å². The Bertz CT molecular complexity index is 595. The molecule has 130 valence electrons. The Labute approximate surface area is 140 Å². The van der Waals surface area contributed by atoms with E-state index in [1.54, 1.807) is 13.8 Å². The van der Waals surface area contributed by atoms with Crippen LogP contribution >= 0.6 is 0 Å². The van der Waals surface area contributed by atoms with Crippen molar-refractivity contribution >= 4 is 18.0 Å². The molecule has 0 unspecified atom stereocenters. The van der Waals surface area contributed by atoms with Crippen LogP contribution in [0, 0.1) is 0 Å². The van der Waals surface area contributed by atoms with Gasteiger partial charge in [-0.3, -0.25) is 4.90 Å². The van der Waals surface area contributed by atoms with Crippen LogP contribution in [0.4, 0.5) is 4.79 Å². The van der Waals surface area contributed by atoms with E-state index < -0.39 is 23.8 Å². The summed E-state index contributed by atoms with van der Waals surface area (Å²) < 4.78 is 15.5. The molecule has 0 radical (unpaired) electrons. The summed E-state index contributed by atoms with van der Waals surface area (Å²) in [6, 6.07) is 0. The molecular weight excluding hydrogens is 314 g/mol. The summed E-state index contributed by atoms with van der Waals surface area (Å²) in [5.41, 5.74) is 0.142. The monoisotopic (exact) mass is 335 g/mol. The lowest BCUT2D eigenvalue weighted by molar-refractivity contribution is -0.231. The highest BCUT2D eigenvalue weighted by Gasteiger charge is 2.43. The van der Waals surface area contributed by atoms with Gasteiger partial charge < -0.3 is 14.2 Å². The molecule has 0 aromatic carbocycles. The third-order valence-corrected chi connectivity index (χ3v) is 3.61. The van der Waals surface area contributed by atoms with Gasteiger partial charge in [0.1, 0.15) is 0 Å². The molecule has 2 aliphatic rings. The van der Waals surface area contributed by atoms with Gasteiger partial charge in [0.2, 0.25) is 0 Å². The number of hydrogen-bond donors (Lipinski definition) is 0. The first-order valence-corrected chi connectivity index (χ1v) is 7.92. The summed E-state index contributed by atoms with van der Waals surface area (Å²) in [5, 5.41) is 0. The van der Waals surface area contributed by atoms with Crippen molar-refractivity contribution in [1.29, 1.82) is 0 Å². The Morgan fingerprint density at radius 1 is 1.17 bits per heavy atom. The third-order valence-electron chi connectivity index (χ3n) is 3.61. The number of carbonyl (C=O) groups is 3. The molecule has 0 aliphatic carbocycles. The molecule has 0 bridgehead atoms. The van der Waals surface area contributed by atoms with Crippen molar-refractivity contribution in [2.75, 3.05) is 6.61 Å². The van der Waals surface area contributed by atoms with Gasteiger partial charge in [-0.15, -0.1) is 0 Å². The predicted octanol–water partition coefficient (Wildman–Crippen LogP) is 2.79. The molecule has 2 heterocycles. The smallest absolute Gasteiger partial charge is 0.417 e. The molecule has 0 aromatic rings. The minimum Gasteiger partial charge on any atom is -0.449 e. The van der Waals surface area contributed by atoms with E-state index in [0.717, 1.165) is 12.8 Å². The number of rotatable bonds is 4. The van der Waals surface area contributed by atoms with Crippen molar-refractivity contribution in [3.05, 3.63) is 35.7 Å². The van der Waals surface area contributed by atoms with Gasteiger partial charge in [-0.1, -0.05) is 13.3 Å². The lowest BCUT2D eigenvalue weighted by atomic mass is 10.0. The number of unbranched alkanes of at least 4 members (excludes halogenated alkanes) is 1. The summed E-state index contributed by atoms with van der Waals surface area (Å²) in [5.74, 6) is -2.68. The first kappa shape index (κ1) is 17.8. The Morgan fingerprint density at radius 3 is 2.25 bits per heavy atom. The Kier molecular flexibility index (Phi) is 5.43. The fraction of sp³-hybridized carbons (Fsp3) is 0.471. The van der Waals surface area contributed by atoms with Crippen molar-refractivity contribution in [3.63, 3.8) is 0 Å². The number of esters is 2. The largest absolute Gasteiger partial charge is 0.449 e. The topological polar surface area (TPSA) is 82.1 Å². The average molecular weight is 335 g/mol. The maximum Gasteiger partial charge on any atom is 0.417 e. The van der Waals surface area contributed by atoms with Crippen molar-refractivity contribution in [3.8, 4) is 0 Å². The van der Waals surface area contributed by atoms with Crippen molar-refractivity contribution < 1.29 is 28.6 Å². The lowest BCUT2D eigenvalue weighted by Gasteiger charge is -2.33. The first-order chi connectivity index (χ1) is 11.4. The van der Waals surface area contributed by atoms with Gasteiger partial charge in [0, 0.05) is 25.7 Å². The molecule has 0 spiro atoms. The zero-order valence-electron chi connectivity index (χ0n) is 14.0. The number of carbonyl (C=O) groups excluding carboxylic acids is 3. The minimum atomic E-state index is -1.23. The summed E-state index contributed by atoms with van der Waals surface area (Å²) >= 11 is 0. The van der Waals surface area contributed by atoms with Gasteiger partial charge in [0.05, 0.1) is 6.61 Å². The first-order valence-electron chi connectivity index (χ1n) is 7.92. The van der Waals surface area contributed by atoms with Crippen LogP contribution in [-0.2, 0) is 23.8 Å². The van der Waals surface area contributed by atoms with Crippen molar-refractivity contribution in [1.82, 2.24) is 4.90 Å². The summed E-state index contributed by atoms with van der Waals surface area (Å²) in [6.07, 6.45) is 7.32. The predicted molar refractivity (Wildman–Crippen MR) is 84.3 cm³/mol. The third kappa shape index (κ3) is 3.84. The summed E-state index contributed by atoms with van der Waals surface area (Å²) in [7, 11) is 0. The van der Waals surface area contributed by atoms with E-state index >= 15 is 0 Å². The van der Waals surface area contributed by atoms with Gasteiger partial charge in [0.15, 0.2) is 5.57 Å². The van der Waals surface area contributed by atoms with Gasteiger partial charge in [0.25, 0.3) is 5.79 Å². The van der Waals surface area contributed by atoms with E-state index in [0.29, 0.717) is 12.0 Å². The lowest BCUT2D eigenvalue weighted by Crippen LogP contribution is -2.44. The molecule has 1 saturated heterocycles. The highest BCUT2D eigenvalue weighted by Crippen LogP contribution is 2.30. The molecule has 2 aliphatic heterocycles. The quantitative estimate of drug-likeness (QED) is 0.446. The zero-order valence-corrected chi connectivity index (χ0v) is 14.0. The van der Waals surface area contributed by atoms with E-state index in [9.17, 15) is 14.4 Å². The fourth-order valence-corrected chi connectivity index (χ4v) is 2.35. The van der Waals surface area contributed by atoms with Crippen LogP contribution in [0.5, 0.6) is 0 Å². The normalized spacial score (nSPS) is 23.2. The van der Waals surface area contributed by atoms with E-state index in [2.05, 4.69) is 0 Å². The average Bonchev–Trinajstić information content (AvgIpc) is 2.53. The molecule has 1 fully saturated rings. The van der Waals surface area contributed by atoms with E-state index in [1.807, 2.05) is 6.92 Å². The molecule has 2 rings (SSSR count). The molecule has 0 aromatic heterocycles. The SMILES string of the molecule is CCCCC1(C)OC(=O)C(=C2C=CN(C(=O)OCC)C=C2)C(=O)O1. The Morgan fingerprint density at radius 2 is 1.75 bits per heavy atom. The number of hydrogen-bond acceptors (Lipinski definition) is 6. The summed E-state index contributed by atoms with van der Waals surface area (Å²) in [6.45, 7) is 5.53. The molecule has 0 atom stereocenters. The number of ether oxygens (including phenoxy) is 3. The van der Waals surface area contributed by atoms with E-state index in [4.69, 9.17) is 14.2 Å². The van der Waals surface area contributed by atoms with Crippen molar-refractivity contribution in [2.24, 2.45) is 0 Å². The second-order valence-electron chi connectivity index (χ2n) is 5.58. The van der Waals surface area contributed by atoms with E-state index in [-0.39, 0.29) is 12.2 Å². The maximum atomic E-state index is 12.2. The van der Waals surface area contributed by atoms with Gasteiger partial charge in [-0.05, 0) is 31.1 Å². The highest BCUT2D eigenvalue weighted by atomic mass is 16.7. The number of cyclic esters (lactones) is 2. The number of nitrogens with zero attached hydrogens (tertiary/aromatic N) is 1. The fourth-order valence-electron chi connectivity index (χ4n) is 2.35. The van der Waals surface area contributed by atoms with Crippen LogP contribution < -0.4 is 0 Å². The van der Waals surface area contributed by atoms with Crippen LogP contribution in [0.15, 0.2) is 35.7 Å². The minimum absolute atomic E-state index is 0.181. The van der Waals surface area contributed by atoms with Gasteiger partial charge >= 0.3 is 18.0 Å². The Balaban J connectivity index is 2.16. The molecular formula is C17H21NO6. The van der Waals surface area contributed by atoms with Crippen LogP contribution in [0.2, 0.25) is 0 Å². The number of allylic oxidation sites excluding steroid dienone is 3. The van der Waals surface area contributed by atoms with Gasteiger partial charge in [-0.25, -0.2) is 14.4 Å². The van der Waals surface area contributed by atoms with Gasteiger partial charge in [-0.2, -0.15) is 0 Å². The molecule has 7 nitrogen and oxygen atoms in total. The standard InChI is InChI=1S/C17H21NO6/c1-4-6-9-17(3)23-14(19)13(15(20)24-17)12-7-10-18(11-8-12)16(21)22-5-2/h7-8,10-11H,4-6,9H2,1-3H3. The summed E-state index contributed by atoms with van der Waals surface area (Å²) in [4.78, 5) is 37.3. The molecule has 0 N–H and O–H groups in total. The molecule has 7 heteroatoms. The molecule has 0 saturated carbocycles. The molecule has 1 amide bonds. The van der Waals surface area contributed by atoms with E-state index in [1.165, 1.54) is 29.5 Å². The van der Waals surface area contributed by atoms with Crippen LogP contribution in [0.25, 0.3) is 0 Å². The highest BCUT2D eigenvalue weighted by molar-refractivity contribution is 6.16. The zero-order chi connectivity index (χ0) is 17.7. The maximum absolute atomic E-state index is 12.2. The second-order valence-corrected chi connectivity index (χ2v) is 5.58. The second kappa shape index (κ2) is 7.33. The van der Waals surface area contributed by atoms with Crippen LogP contribution in [-0.4, -0.2) is 35.3 Å². The Hall–Kier alpha value is -2.57. The van der Waals surface area contributed by atoms with Crippen molar-refractivity contribution in [2.45, 2.75) is 45.8 Å². The number of amides is 1. The van der Waals surface area contributed by atoms with Crippen LogP contribution in [0.3, 0.4) is 0 Å². The molecule has 24 heavy (non-hydrogen) atoms.